The number of carboxylic acids is 1. The Balaban J connectivity index is 0.000000325. The third-order valence-corrected chi connectivity index (χ3v) is 4.73. The molecule has 0 aliphatic heterocycles. The summed E-state index contributed by atoms with van der Waals surface area (Å²) in [6, 6.07) is 3.38. The molecule has 0 unspecified atom stereocenters. The number of aromatic hydroxyl groups is 1. The number of hydrogen-bond donors (Lipinski definition) is 2. The Labute approximate surface area is 119 Å². The van der Waals surface area contributed by atoms with E-state index in [1.54, 1.807) is 12.1 Å². The minimum atomic E-state index is -0.935. The number of phenolic OH excluding ortho intramolecular Hbond substituents is 1. The van der Waals surface area contributed by atoms with Crippen LogP contribution in [0.1, 0.15) is 6.92 Å². The zero-order chi connectivity index (χ0) is 12.9. The van der Waals surface area contributed by atoms with E-state index in [-0.39, 0.29) is 11.3 Å². The molecule has 3 nitrogen and oxygen atoms in total. The first-order chi connectivity index (χ1) is 7.27. The second-order valence-corrected chi connectivity index (χ2v) is 5.22. The van der Waals surface area contributed by atoms with Gasteiger partial charge in [-0.2, -0.15) is 0 Å². The van der Waals surface area contributed by atoms with Gasteiger partial charge in [-0.25, -0.2) is 4.79 Å². The van der Waals surface area contributed by atoms with E-state index in [2.05, 4.69) is 54.4 Å². The molecule has 2 N–H and O–H groups in total. The van der Waals surface area contributed by atoms with Gasteiger partial charge in [-0.05, 0) is 66.8 Å². The van der Waals surface area contributed by atoms with Gasteiger partial charge in [0.2, 0.25) is 0 Å². The van der Waals surface area contributed by atoms with E-state index in [1.807, 2.05) is 0 Å². The summed E-state index contributed by atoms with van der Waals surface area (Å²) in [6.45, 7) is 4.60. The lowest BCUT2D eigenvalue weighted by molar-refractivity contribution is -0.132. The first-order valence-electron chi connectivity index (χ1n) is 3.98. The van der Waals surface area contributed by atoms with E-state index in [4.69, 9.17) is 10.2 Å². The number of carboxylic acid groups (broad SMARTS) is 1. The molecule has 16 heavy (non-hydrogen) atoms. The molecule has 0 heterocycles. The molecule has 88 valence electrons. The van der Waals surface area contributed by atoms with Crippen molar-refractivity contribution < 1.29 is 15.0 Å². The van der Waals surface area contributed by atoms with Crippen LogP contribution in [0.25, 0.3) is 0 Å². The highest BCUT2D eigenvalue weighted by atomic mass is 79.9. The van der Waals surface area contributed by atoms with E-state index in [0.29, 0.717) is 4.47 Å². The van der Waals surface area contributed by atoms with E-state index < -0.39 is 5.97 Å². The fourth-order valence-corrected chi connectivity index (χ4v) is 1.79. The van der Waals surface area contributed by atoms with Gasteiger partial charge in [0.15, 0.2) is 0 Å². The molecule has 0 aliphatic rings. The van der Waals surface area contributed by atoms with Crippen molar-refractivity contribution in [2.45, 2.75) is 6.92 Å². The molecule has 6 heteroatoms. The van der Waals surface area contributed by atoms with Crippen LogP contribution in [0, 0.1) is 0 Å². The van der Waals surface area contributed by atoms with Crippen molar-refractivity contribution in [2.24, 2.45) is 0 Å². The zero-order valence-corrected chi connectivity index (χ0v) is 13.1. The predicted molar refractivity (Wildman–Crippen MR) is 73.7 cm³/mol. The largest absolute Gasteiger partial charge is 0.507 e. The summed E-state index contributed by atoms with van der Waals surface area (Å²) in [5.74, 6) is -0.704. The molecule has 0 atom stereocenters. The first-order valence-corrected chi connectivity index (χ1v) is 6.36. The smallest absolute Gasteiger partial charge is 0.330 e. The minimum absolute atomic E-state index is 0.176. The molecule has 1 rings (SSSR count). The number of aliphatic carboxylic acids is 1. The molecule has 0 fully saturated rings. The summed E-state index contributed by atoms with van der Waals surface area (Å²) < 4.78 is 2.41. The fraction of sp³-hybridized carbons (Fsp3) is 0.100. The van der Waals surface area contributed by atoms with Crippen LogP contribution >= 0.6 is 47.8 Å². The zero-order valence-electron chi connectivity index (χ0n) is 8.30. The minimum Gasteiger partial charge on any atom is -0.507 e. The molecule has 0 radical (unpaired) electrons. The molecular formula is C10H9Br3O3. The Morgan fingerprint density at radius 3 is 2.00 bits per heavy atom. The quantitative estimate of drug-likeness (QED) is 0.529. The van der Waals surface area contributed by atoms with Crippen LogP contribution in [0.2, 0.25) is 0 Å². The van der Waals surface area contributed by atoms with E-state index in [1.165, 1.54) is 6.92 Å². The van der Waals surface area contributed by atoms with Crippen LogP contribution in [0.5, 0.6) is 5.75 Å². The molecule has 0 aliphatic carbocycles. The maximum absolute atomic E-state index is 9.60. The van der Waals surface area contributed by atoms with Crippen molar-refractivity contribution in [1.29, 1.82) is 0 Å². The highest BCUT2D eigenvalue weighted by Gasteiger charge is 2.04. The average Bonchev–Trinajstić information content (AvgIpc) is 2.21. The lowest BCUT2D eigenvalue weighted by Crippen LogP contribution is -1.92. The Morgan fingerprint density at radius 1 is 1.25 bits per heavy atom. The maximum atomic E-state index is 9.60. The third-order valence-electron chi connectivity index (χ3n) is 1.38. The summed E-state index contributed by atoms with van der Waals surface area (Å²) >= 11 is 9.77. The molecule has 0 spiro atoms. The highest BCUT2D eigenvalue weighted by molar-refractivity contribution is 9.14. The van der Waals surface area contributed by atoms with Crippen molar-refractivity contribution in [3.05, 3.63) is 37.7 Å². The Kier molecular flexibility index (Phi) is 6.94. The van der Waals surface area contributed by atoms with Crippen molar-refractivity contribution in [3.8, 4) is 5.75 Å². The van der Waals surface area contributed by atoms with Gasteiger partial charge < -0.3 is 10.2 Å². The number of halogens is 3. The van der Waals surface area contributed by atoms with Gasteiger partial charge in [0.05, 0.1) is 4.47 Å². The van der Waals surface area contributed by atoms with Gasteiger partial charge in [-0.15, -0.1) is 0 Å². The predicted octanol–water partition coefficient (Wildman–Crippen LogP) is 4.33. The number of rotatable bonds is 1. The number of carbonyl (C=O) groups is 1. The maximum Gasteiger partial charge on any atom is 0.330 e. The van der Waals surface area contributed by atoms with E-state index >= 15 is 0 Å². The van der Waals surface area contributed by atoms with Crippen molar-refractivity contribution in [2.75, 3.05) is 0 Å². The topological polar surface area (TPSA) is 57.5 Å². The summed E-state index contributed by atoms with van der Waals surface area (Å²) in [6.07, 6.45) is 0. The van der Waals surface area contributed by atoms with Crippen molar-refractivity contribution >= 4 is 53.8 Å². The summed E-state index contributed by atoms with van der Waals surface area (Å²) in [5.41, 5.74) is 0.176. The highest BCUT2D eigenvalue weighted by Crippen LogP contribution is 2.36. The number of benzene rings is 1. The normalized spacial score (nSPS) is 9.00. The van der Waals surface area contributed by atoms with Crippen LogP contribution in [0.15, 0.2) is 37.7 Å². The van der Waals surface area contributed by atoms with Gasteiger partial charge in [0.1, 0.15) is 5.75 Å². The second-order valence-electron chi connectivity index (χ2n) is 2.78. The summed E-state index contributed by atoms with van der Waals surface area (Å²) in [7, 11) is 0. The Morgan fingerprint density at radius 2 is 1.69 bits per heavy atom. The molecule has 1 aromatic rings. The van der Waals surface area contributed by atoms with Crippen molar-refractivity contribution in [3.63, 3.8) is 0 Å². The molecule has 0 aromatic heterocycles. The van der Waals surface area contributed by atoms with Crippen LogP contribution < -0.4 is 0 Å². The molecular weight excluding hydrogens is 408 g/mol. The van der Waals surface area contributed by atoms with E-state index in [9.17, 15) is 4.79 Å². The fourth-order valence-electron chi connectivity index (χ4n) is 0.516. The van der Waals surface area contributed by atoms with Crippen molar-refractivity contribution in [1.82, 2.24) is 0 Å². The molecule has 0 amide bonds. The van der Waals surface area contributed by atoms with Gasteiger partial charge in [0, 0.05) is 14.5 Å². The van der Waals surface area contributed by atoms with Crippen LogP contribution in [-0.4, -0.2) is 16.2 Å². The van der Waals surface area contributed by atoms with Crippen LogP contribution in [-0.2, 0) is 4.79 Å². The first kappa shape index (κ1) is 15.7. The monoisotopic (exact) mass is 414 g/mol. The average molecular weight is 417 g/mol. The lowest BCUT2D eigenvalue weighted by atomic mass is 10.3. The van der Waals surface area contributed by atoms with Gasteiger partial charge in [-0.1, -0.05) is 6.58 Å². The SMILES string of the molecule is C=C(C)C(=O)O.Oc1ccc(Br)c(Br)c1Br. The van der Waals surface area contributed by atoms with E-state index in [0.717, 1.165) is 8.95 Å². The van der Waals surface area contributed by atoms with Crippen LogP contribution in [0.3, 0.4) is 0 Å². The van der Waals surface area contributed by atoms with Gasteiger partial charge >= 0.3 is 5.97 Å². The Hall–Kier alpha value is -0.330. The summed E-state index contributed by atoms with van der Waals surface area (Å²) in [4.78, 5) is 9.60. The summed E-state index contributed by atoms with van der Waals surface area (Å²) in [5, 5.41) is 17.0. The van der Waals surface area contributed by atoms with Gasteiger partial charge in [-0.3, -0.25) is 0 Å². The third kappa shape index (κ3) is 5.14. The lowest BCUT2D eigenvalue weighted by Gasteiger charge is -2.00. The number of hydrogen-bond acceptors (Lipinski definition) is 2. The standard InChI is InChI=1S/C6H3Br3O.C4H6O2/c7-3-1-2-4(10)6(9)5(3)8;1-3(2)4(5)6/h1-2,10H;1H2,2H3,(H,5,6). The van der Waals surface area contributed by atoms with Crippen LogP contribution in [0.4, 0.5) is 0 Å². The molecule has 0 bridgehead atoms. The Bertz CT molecular complexity index is 377. The molecule has 0 saturated heterocycles. The number of phenols is 1. The second kappa shape index (κ2) is 7.09. The molecule has 1 aromatic carbocycles. The van der Waals surface area contributed by atoms with Gasteiger partial charge in [0.25, 0.3) is 0 Å². The molecule has 0 saturated carbocycles.